The van der Waals surface area contributed by atoms with Crippen LogP contribution in [0.2, 0.25) is 0 Å². The van der Waals surface area contributed by atoms with Gasteiger partial charge >= 0.3 is 0 Å². The van der Waals surface area contributed by atoms with Crippen LogP contribution in [0, 0.1) is 0 Å². The number of aliphatic imine (C=N–C) groups is 1. The minimum absolute atomic E-state index is 0.0301. The van der Waals surface area contributed by atoms with Crippen molar-refractivity contribution in [2.45, 2.75) is 26.7 Å². The molecule has 30 heavy (non-hydrogen) atoms. The van der Waals surface area contributed by atoms with Gasteiger partial charge in [-0.1, -0.05) is 80.6 Å². The summed E-state index contributed by atoms with van der Waals surface area (Å²) < 4.78 is 0. The number of anilines is 1. The normalized spacial score (nSPS) is 16.6. The number of rotatable bonds is 5. The molecule has 3 aromatic carbocycles. The maximum absolute atomic E-state index is 13.5. The lowest BCUT2D eigenvalue weighted by Gasteiger charge is -2.19. The van der Waals surface area contributed by atoms with Crippen LogP contribution < -0.4 is 4.90 Å². The van der Waals surface area contributed by atoms with Crippen LogP contribution in [0.4, 0.5) is 11.4 Å². The Hall–Kier alpha value is -3.11. The van der Waals surface area contributed by atoms with Crippen LogP contribution in [0.15, 0.2) is 88.8 Å². The lowest BCUT2D eigenvalue weighted by atomic mass is 10.1. The van der Waals surface area contributed by atoms with Gasteiger partial charge in [-0.25, -0.2) is 4.99 Å². The lowest BCUT2D eigenvalue weighted by molar-refractivity contribution is -0.113. The maximum atomic E-state index is 13.5. The molecule has 1 heterocycles. The predicted octanol–water partition coefficient (Wildman–Crippen LogP) is 6.62. The molecule has 0 aliphatic carbocycles. The number of hydrogen-bond donors (Lipinski definition) is 0. The molecule has 0 saturated carbocycles. The van der Waals surface area contributed by atoms with E-state index >= 15 is 0 Å². The molecule has 0 unspecified atom stereocenters. The van der Waals surface area contributed by atoms with Crippen molar-refractivity contribution in [1.29, 1.82) is 0 Å². The first-order valence-corrected chi connectivity index (χ1v) is 11.1. The summed E-state index contributed by atoms with van der Waals surface area (Å²) in [5.74, 6) is -0.0301. The van der Waals surface area contributed by atoms with Crippen LogP contribution in [-0.2, 0) is 17.6 Å². The van der Waals surface area contributed by atoms with Crippen molar-refractivity contribution in [1.82, 2.24) is 0 Å². The molecular formula is C26H24N2OS. The Labute approximate surface area is 182 Å². The van der Waals surface area contributed by atoms with Crippen LogP contribution in [0.25, 0.3) is 6.08 Å². The Kier molecular flexibility index (Phi) is 6.15. The molecule has 3 aromatic rings. The average molecular weight is 413 g/mol. The highest BCUT2D eigenvalue weighted by molar-refractivity contribution is 8.19. The molecule has 3 nitrogen and oxygen atoms in total. The zero-order valence-electron chi connectivity index (χ0n) is 17.2. The third kappa shape index (κ3) is 4.10. The van der Waals surface area contributed by atoms with Crippen LogP contribution >= 0.6 is 11.8 Å². The molecule has 1 amide bonds. The fraction of sp³-hybridized carbons (Fsp3) is 0.154. The quantitative estimate of drug-likeness (QED) is 0.441. The van der Waals surface area contributed by atoms with E-state index in [9.17, 15) is 4.79 Å². The minimum atomic E-state index is -0.0301. The second-order valence-corrected chi connectivity index (χ2v) is 8.03. The third-order valence-corrected chi connectivity index (χ3v) is 6.07. The topological polar surface area (TPSA) is 32.7 Å². The monoisotopic (exact) mass is 412 g/mol. The first-order valence-electron chi connectivity index (χ1n) is 10.2. The summed E-state index contributed by atoms with van der Waals surface area (Å²) >= 11 is 1.44. The summed E-state index contributed by atoms with van der Waals surface area (Å²) in [6.07, 6.45) is 3.69. The first-order chi connectivity index (χ1) is 14.7. The molecule has 0 bridgehead atoms. The molecule has 1 fully saturated rings. The summed E-state index contributed by atoms with van der Waals surface area (Å²) in [4.78, 5) is 20.9. The van der Waals surface area contributed by atoms with Gasteiger partial charge in [0.05, 0.1) is 16.3 Å². The fourth-order valence-corrected chi connectivity index (χ4v) is 4.50. The van der Waals surface area contributed by atoms with Gasteiger partial charge < -0.3 is 0 Å². The smallest absolute Gasteiger partial charge is 0.268 e. The number of carbonyl (C=O) groups excluding carboxylic acids is 1. The van der Waals surface area contributed by atoms with Gasteiger partial charge in [-0.2, -0.15) is 0 Å². The van der Waals surface area contributed by atoms with Crippen LogP contribution in [0.5, 0.6) is 0 Å². The summed E-state index contributed by atoms with van der Waals surface area (Å²) in [5, 5.41) is 0.698. The van der Waals surface area contributed by atoms with E-state index in [-0.39, 0.29) is 5.91 Å². The first kappa shape index (κ1) is 20.2. The van der Waals surface area contributed by atoms with E-state index in [0.717, 1.165) is 35.3 Å². The summed E-state index contributed by atoms with van der Waals surface area (Å²) in [7, 11) is 0. The zero-order valence-corrected chi connectivity index (χ0v) is 18.0. The number of carbonyl (C=O) groups is 1. The highest BCUT2D eigenvalue weighted by atomic mass is 32.2. The highest BCUT2D eigenvalue weighted by Gasteiger charge is 2.35. The molecule has 4 heteroatoms. The van der Waals surface area contributed by atoms with Crippen LogP contribution in [0.1, 0.15) is 30.5 Å². The average Bonchev–Trinajstić information content (AvgIpc) is 3.09. The number of aryl methyl sites for hydroxylation is 2. The van der Waals surface area contributed by atoms with Crippen molar-refractivity contribution < 1.29 is 4.79 Å². The number of amidine groups is 1. The number of benzene rings is 3. The van der Waals surface area contributed by atoms with Crippen molar-refractivity contribution in [3.05, 3.63) is 100 Å². The molecule has 0 atom stereocenters. The number of hydrogen-bond acceptors (Lipinski definition) is 3. The molecule has 1 aliphatic heterocycles. The van der Waals surface area contributed by atoms with Crippen LogP contribution in [0.3, 0.4) is 0 Å². The standard InChI is InChI=1S/C26H24N2OS/c1-3-20-14-8-10-16-22(20)27-26-28(23-17-11-9-15-21(23)4-2)25(29)24(30-26)18-19-12-6-5-7-13-19/h5-18H,3-4H2,1-2H3. The van der Waals surface area contributed by atoms with Gasteiger partial charge in [0.2, 0.25) is 0 Å². The SMILES string of the molecule is CCc1ccccc1N=C1SC(=Cc2ccccc2)C(=O)N1c1ccccc1CC. The minimum Gasteiger partial charge on any atom is -0.268 e. The molecule has 150 valence electrons. The van der Waals surface area contributed by atoms with Crippen molar-refractivity contribution >= 4 is 40.3 Å². The molecule has 0 N–H and O–H groups in total. The second-order valence-electron chi connectivity index (χ2n) is 7.02. The van der Waals surface area contributed by atoms with Gasteiger partial charge in [0.25, 0.3) is 5.91 Å². The largest absolute Gasteiger partial charge is 0.271 e. The summed E-state index contributed by atoms with van der Waals surface area (Å²) in [6.45, 7) is 4.23. The van der Waals surface area contributed by atoms with Crippen molar-refractivity contribution in [3.63, 3.8) is 0 Å². The van der Waals surface area contributed by atoms with Gasteiger partial charge in [-0.3, -0.25) is 9.69 Å². The molecule has 1 aliphatic rings. The van der Waals surface area contributed by atoms with Gasteiger partial charge in [0, 0.05) is 0 Å². The number of amides is 1. The molecule has 1 saturated heterocycles. The Morgan fingerprint density at radius 1 is 0.833 bits per heavy atom. The van der Waals surface area contributed by atoms with E-state index in [4.69, 9.17) is 4.99 Å². The van der Waals surface area contributed by atoms with Gasteiger partial charge in [-0.15, -0.1) is 0 Å². The fourth-order valence-electron chi connectivity index (χ4n) is 3.51. The van der Waals surface area contributed by atoms with E-state index in [2.05, 4.69) is 26.0 Å². The third-order valence-electron chi connectivity index (χ3n) is 5.11. The van der Waals surface area contributed by atoms with E-state index in [1.807, 2.05) is 72.8 Å². The molecular weight excluding hydrogens is 388 g/mol. The molecule has 0 aromatic heterocycles. The van der Waals surface area contributed by atoms with Gasteiger partial charge in [-0.05, 0) is 59.5 Å². The van der Waals surface area contributed by atoms with E-state index in [1.54, 1.807) is 4.90 Å². The van der Waals surface area contributed by atoms with Crippen molar-refractivity contribution in [2.24, 2.45) is 4.99 Å². The van der Waals surface area contributed by atoms with Crippen molar-refractivity contribution in [3.8, 4) is 0 Å². The van der Waals surface area contributed by atoms with E-state index in [0.29, 0.717) is 10.1 Å². The Morgan fingerprint density at radius 2 is 1.47 bits per heavy atom. The highest BCUT2D eigenvalue weighted by Crippen LogP contribution is 2.39. The Bertz CT molecular complexity index is 1120. The van der Waals surface area contributed by atoms with Gasteiger partial charge in [0.1, 0.15) is 0 Å². The van der Waals surface area contributed by atoms with Crippen molar-refractivity contribution in [2.75, 3.05) is 4.90 Å². The van der Waals surface area contributed by atoms with Crippen LogP contribution in [-0.4, -0.2) is 11.1 Å². The number of thioether (sulfide) groups is 1. The van der Waals surface area contributed by atoms with Gasteiger partial charge in [0.15, 0.2) is 5.17 Å². The molecule has 4 rings (SSSR count). The Balaban J connectivity index is 1.84. The van der Waals surface area contributed by atoms with E-state index < -0.39 is 0 Å². The second kappa shape index (κ2) is 9.14. The summed E-state index contributed by atoms with van der Waals surface area (Å²) in [6, 6.07) is 26.1. The summed E-state index contributed by atoms with van der Waals surface area (Å²) in [5.41, 5.74) is 5.12. The maximum Gasteiger partial charge on any atom is 0.271 e. The number of nitrogens with zero attached hydrogens (tertiary/aromatic N) is 2. The number of para-hydroxylation sites is 2. The lowest BCUT2D eigenvalue weighted by Crippen LogP contribution is -2.29. The molecule has 0 radical (unpaired) electrons. The predicted molar refractivity (Wildman–Crippen MR) is 128 cm³/mol. The molecule has 0 spiro atoms. The zero-order chi connectivity index (χ0) is 20.9. The van der Waals surface area contributed by atoms with E-state index in [1.165, 1.54) is 17.3 Å². The Morgan fingerprint density at radius 3 is 2.20 bits per heavy atom.